The van der Waals surface area contributed by atoms with Crippen LogP contribution in [-0.4, -0.2) is 50.8 Å². The summed E-state index contributed by atoms with van der Waals surface area (Å²) in [5.41, 5.74) is 0. The Bertz CT molecular complexity index is 163. The van der Waals surface area contributed by atoms with Crippen LogP contribution in [0.4, 0.5) is 0 Å². The van der Waals surface area contributed by atoms with Crippen molar-refractivity contribution in [2.75, 3.05) is 39.9 Å². The molecule has 2 heterocycles. The van der Waals surface area contributed by atoms with Crippen LogP contribution < -0.4 is 5.32 Å². The van der Waals surface area contributed by atoms with Crippen LogP contribution in [0.5, 0.6) is 0 Å². The standard InChI is InChI=1S/C10H20N2O/c1-13-7-6-12-5-3-9-8-11-4-2-10(9)12/h9-11H,2-8H2,1H3/t9-,10-/m0/s1. The molecule has 0 aromatic rings. The van der Waals surface area contributed by atoms with E-state index in [0.717, 1.165) is 25.1 Å². The molecule has 2 atom stereocenters. The van der Waals surface area contributed by atoms with Crippen molar-refractivity contribution in [3.05, 3.63) is 0 Å². The van der Waals surface area contributed by atoms with Gasteiger partial charge in [0, 0.05) is 19.7 Å². The highest BCUT2D eigenvalue weighted by atomic mass is 16.5. The Labute approximate surface area is 80.4 Å². The number of rotatable bonds is 3. The zero-order valence-electron chi connectivity index (χ0n) is 8.46. The van der Waals surface area contributed by atoms with Crippen LogP contribution in [0.1, 0.15) is 12.8 Å². The van der Waals surface area contributed by atoms with Gasteiger partial charge in [-0.25, -0.2) is 0 Å². The third-order valence-electron chi connectivity index (χ3n) is 3.41. The average Bonchev–Trinajstić information content (AvgIpc) is 2.58. The monoisotopic (exact) mass is 184 g/mol. The lowest BCUT2D eigenvalue weighted by atomic mass is 9.94. The van der Waals surface area contributed by atoms with E-state index in [9.17, 15) is 0 Å². The number of fused-ring (bicyclic) bond motifs is 1. The molecular formula is C10H20N2O. The zero-order valence-corrected chi connectivity index (χ0v) is 8.46. The smallest absolute Gasteiger partial charge is 0.0589 e. The largest absolute Gasteiger partial charge is 0.383 e. The van der Waals surface area contributed by atoms with E-state index < -0.39 is 0 Å². The molecule has 0 saturated carbocycles. The minimum Gasteiger partial charge on any atom is -0.383 e. The van der Waals surface area contributed by atoms with Crippen LogP contribution in [0, 0.1) is 5.92 Å². The summed E-state index contributed by atoms with van der Waals surface area (Å²) in [6.07, 6.45) is 2.70. The third-order valence-corrected chi connectivity index (χ3v) is 3.41. The molecule has 3 nitrogen and oxygen atoms in total. The van der Waals surface area contributed by atoms with Crippen LogP contribution in [0.15, 0.2) is 0 Å². The molecule has 0 spiro atoms. The summed E-state index contributed by atoms with van der Waals surface area (Å²) < 4.78 is 5.13. The van der Waals surface area contributed by atoms with E-state index in [1.807, 2.05) is 0 Å². The van der Waals surface area contributed by atoms with Crippen LogP contribution in [0.25, 0.3) is 0 Å². The lowest BCUT2D eigenvalue weighted by Gasteiger charge is -2.32. The number of piperidine rings is 1. The van der Waals surface area contributed by atoms with Gasteiger partial charge in [0.05, 0.1) is 6.61 Å². The Morgan fingerprint density at radius 1 is 1.46 bits per heavy atom. The summed E-state index contributed by atoms with van der Waals surface area (Å²) in [7, 11) is 1.79. The maximum absolute atomic E-state index is 5.13. The van der Waals surface area contributed by atoms with Gasteiger partial charge in [-0.1, -0.05) is 0 Å². The number of likely N-dealkylation sites (tertiary alicyclic amines) is 1. The first-order valence-corrected chi connectivity index (χ1v) is 5.35. The molecule has 0 unspecified atom stereocenters. The topological polar surface area (TPSA) is 24.5 Å². The first kappa shape index (κ1) is 9.44. The molecule has 2 aliphatic heterocycles. The van der Waals surface area contributed by atoms with Gasteiger partial charge in [0.25, 0.3) is 0 Å². The van der Waals surface area contributed by atoms with Crippen molar-refractivity contribution in [2.45, 2.75) is 18.9 Å². The fourth-order valence-corrected chi connectivity index (χ4v) is 2.67. The predicted molar refractivity (Wildman–Crippen MR) is 52.8 cm³/mol. The van der Waals surface area contributed by atoms with Crippen molar-refractivity contribution >= 4 is 0 Å². The molecule has 1 N–H and O–H groups in total. The molecule has 13 heavy (non-hydrogen) atoms. The Morgan fingerprint density at radius 2 is 2.38 bits per heavy atom. The van der Waals surface area contributed by atoms with Crippen molar-refractivity contribution in [3.8, 4) is 0 Å². The normalized spacial score (nSPS) is 34.8. The van der Waals surface area contributed by atoms with Gasteiger partial charge in [0.1, 0.15) is 0 Å². The molecule has 2 aliphatic rings. The molecule has 0 amide bonds. The number of nitrogens with one attached hydrogen (secondary N) is 1. The second-order valence-electron chi connectivity index (χ2n) is 4.14. The highest BCUT2D eigenvalue weighted by Gasteiger charge is 2.34. The highest BCUT2D eigenvalue weighted by molar-refractivity contribution is 4.91. The van der Waals surface area contributed by atoms with Crippen molar-refractivity contribution in [3.63, 3.8) is 0 Å². The lowest BCUT2D eigenvalue weighted by Crippen LogP contribution is -2.44. The highest BCUT2D eigenvalue weighted by Crippen LogP contribution is 2.27. The van der Waals surface area contributed by atoms with Crippen molar-refractivity contribution in [1.82, 2.24) is 10.2 Å². The number of ether oxygens (including phenoxy) is 1. The van der Waals surface area contributed by atoms with Gasteiger partial charge in [0.15, 0.2) is 0 Å². The first-order chi connectivity index (χ1) is 6.42. The summed E-state index contributed by atoms with van der Waals surface area (Å²) in [6, 6.07) is 0.844. The summed E-state index contributed by atoms with van der Waals surface area (Å²) in [5, 5.41) is 3.47. The SMILES string of the molecule is COCCN1CC[C@H]2CNCC[C@@H]21. The summed E-state index contributed by atoms with van der Waals surface area (Å²) >= 11 is 0. The molecule has 2 saturated heterocycles. The summed E-state index contributed by atoms with van der Waals surface area (Å²) in [5.74, 6) is 0.908. The van der Waals surface area contributed by atoms with Crippen molar-refractivity contribution in [1.29, 1.82) is 0 Å². The van der Waals surface area contributed by atoms with E-state index in [4.69, 9.17) is 4.74 Å². The third kappa shape index (κ3) is 2.03. The van der Waals surface area contributed by atoms with Crippen LogP contribution in [-0.2, 0) is 4.74 Å². The second kappa shape index (κ2) is 4.40. The number of methoxy groups -OCH3 is 1. The predicted octanol–water partition coefficient (Wildman–Crippen LogP) is 0.317. The Kier molecular flexibility index (Phi) is 3.19. The number of hydrogen-bond acceptors (Lipinski definition) is 3. The van der Waals surface area contributed by atoms with E-state index in [0.29, 0.717) is 0 Å². The van der Waals surface area contributed by atoms with Crippen LogP contribution in [0.3, 0.4) is 0 Å². The van der Waals surface area contributed by atoms with Crippen LogP contribution in [0.2, 0.25) is 0 Å². The van der Waals surface area contributed by atoms with Gasteiger partial charge in [-0.3, -0.25) is 4.90 Å². The summed E-state index contributed by atoms with van der Waals surface area (Å²) in [4.78, 5) is 2.61. The fraction of sp³-hybridized carbons (Fsp3) is 1.00. The van der Waals surface area contributed by atoms with Crippen LogP contribution >= 0.6 is 0 Å². The second-order valence-corrected chi connectivity index (χ2v) is 4.14. The van der Waals surface area contributed by atoms with E-state index in [1.165, 1.54) is 32.5 Å². The number of hydrogen-bond donors (Lipinski definition) is 1. The van der Waals surface area contributed by atoms with E-state index in [-0.39, 0.29) is 0 Å². The van der Waals surface area contributed by atoms with Gasteiger partial charge >= 0.3 is 0 Å². The Balaban J connectivity index is 1.84. The van der Waals surface area contributed by atoms with Crippen molar-refractivity contribution < 1.29 is 4.74 Å². The van der Waals surface area contributed by atoms with Gasteiger partial charge in [-0.2, -0.15) is 0 Å². The molecule has 2 rings (SSSR count). The molecule has 0 bridgehead atoms. The van der Waals surface area contributed by atoms with Gasteiger partial charge in [-0.15, -0.1) is 0 Å². The van der Waals surface area contributed by atoms with E-state index in [1.54, 1.807) is 7.11 Å². The maximum Gasteiger partial charge on any atom is 0.0589 e. The zero-order chi connectivity index (χ0) is 9.10. The fourth-order valence-electron chi connectivity index (χ4n) is 2.67. The molecule has 3 heteroatoms. The van der Waals surface area contributed by atoms with E-state index >= 15 is 0 Å². The maximum atomic E-state index is 5.13. The lowest BCUT2D eigenvalue weighted by molar-refractivity contribution is 0.123. The minimum atomic E-state index is 0.844. The first-order valence-electron chi connectivity index (χ1n) is 5.35. The van der Waals surface area contributed by atoms with Gasteiger partial charge in [0.2, 0.25) is 0 Å². The molecule has 2 fully saturated rings. The molecule has 76 valence electrons. The van der Waals surface area contributed by atoms with E-state index in [2.05, 4.69) is 10.2 Å². The summed E-state index contributed by atoms with van der Waals surface area (Å²) in [6.45, 7) is 5.72. The minimum absolute atomic E-state index is 0.844. The Hall–Kier alpha value is -0.120. The molecular weight excluding hydrogens is 164 g/mol. The van der Waals surface area contributed by atoms with Gasteiger partial charge in [-0.05, 0) is 38.4 Å². The Morgan fingerprint density at radius 3 is 3.23 bits per heavy atom. The number of nitrogens with zero attached hydrogens (tertiary/aromatic N) is 1. The van der Waals surface area contributed by atoms with Crippen molar-refractivity contribution in [2.24, 2.45) is 5.92 Å². The average molecular weight is 184 g/mol. The molecule has 0 radical (unpaired) electrons. The molecule has 0 aromatic heterocycles. The molecule has 0 aromatic carbocycles. The quantitative estimate of drug-likeness (QED) is 0.683. The van der Waals surface area contributed by atoms with Gasteiger partial charge < -0.3 is 10.1 Å². The molecule has 0 aliphatic carbocycles.